The van der Waals surface area contributed by atoms with E-state index in [1.54, 1.807) is 6.20 Å². The van der Waals surface area contributed by atoms with Crippen molar-refractivity contribution in [2.75, 3.05) is 13.1 Å². The summed E-state index contributed by atoms with van der Waals surface area (Å²) in [4.78, 5) is 26.5. The number of H-pyrrole nitrogens is 1. The number of piperidine rings is 1. The average molecular weight is 351 g/mol. The first-order chi connectivity index (χ1) is 12.6. The van der Waals surface area contributed by atoms with E-state index in [1.165, 1.54) is 6.07 Å². The Balaban J connectivity index is 1.49. The maximum atomic E-state index is 12.8. The van der Waals surface area contributed by atoms with Crippen molar-refractivity contribution in [3.8, 4) is 0 Å². The van der Waals surface area contributed by atoms with Gasteiger partial charge in [-0.15, -0.1) is 0 Å². The lowest BCUT2D eigenvalue weighted by atomic mass is 9.93. The lowest BCUT2D eigenvalue weighted by Crippen LogP contribution is -2.39. The number of hydrogen-bond donors (Lipinski definition) is 1. The normalized spacial score (nSPS) is 15.5. The van der Waals surface area contributed by atoms with Crippen LogP contribution in [0.4, 0.5) is 0 Å². The maximum Gasteiger partial charge on any atom is 0.336 e. The minimum atomic E-state index is -0.413. The Morgan fingerprint density at radius 3 is 2.81 bits per heavy atom. The number of hydrogen-bond acceptors (Lipinski definition) is 4. The van der Waals surface area contributed by atoms with E-state index in [1.807, 2.05) is 36.1 Å². The van der Waals surface area contributed by atoms with Gasteiger partial charge in [-0.1, -0.05) is 12.1 Å². The number of likely N-dealkylation sites (tertiary alicyclic amines) is 1. The predicted molar refractivity (Wildman–Crippen MR) is 98.1 cm³/mol. The van der Waals surface area contributed by atoms with E-state index >= 15 is 0 Å². The molecule has 26 heavy (non-hydrogen) atoms. The quantitative estimate of drug-likeness (QED) is 0.736. The van der Waals surface area contributed by atoms with Gasteiger partial charge in [-0.25, -0.2) is 4.79 Å². The van der Waals surface area contributed by atoms with E-state index in [0.717, 1.165) is 48.1 Å². The van der Waals surface area contributed by atoms with Gasteiger partial charge in [-0.3, -0.25) is 9.89 Å². The van der Waals surface area contributed by atoms with Crippen LogP contribution in [-0.2, 0) is 11.2 Å². The molecule has 1 aromatic carbocycles. The molecule has 2 aromatic heterocycles. The van der Waals surface area contributed by atoms with E-state index in [0.29, 0.717) is 11.5 Å². The molecule has 4 rings (SSSR count). The lowest BCUT2D eigenvalue weighted by molar-refractivity contribution is -0.131. The second kappa shape index (κ2) is 6.78. The summed E-state index contributed by atoms with van der Waals surface area (Å²) in [6.45, 7) is 3.39. The highest BCUT2D eigenvalue weighted by Gasteiger charge is 2.25. The zero-order valence-electron chi connectivity index (χ0n) is 14.7. The largest absolute Gasteiger partial charge is 0.423 e. The van der Waals surface area contributed by atoms with Crippen molar-refractivity contribution in [3.63, 3.8) is 0 Å². The molecule has 0 saturated carbocycles. The SMILES string of the molecule is Cc1ccc2c(CC(=O)N3CCC(c4ccn[nH]4)CC3)cc(=O)oc2c1. The van der Waals surface area contributed by atoms with Gasteiger partial charge in [0.25, 0.3) is 0 Å². The van der Waals surface area contributed by atoms with Crippen molar-refractivity contribution in [2.45, 2.75) is 32.1 Å². The molecule has 0 radical (unpaired) electrons. The highest BCUT2D eigenvalue weighted by molar-refractivity contribution is 5.87. The highest BCUT2D eigenvalue weighted by Crippen LogP contribution is 2.27. The number of nitrogens with zero attached hydrogens (tertiary/aromatic N) is 2. The minimum Gasteiger partial charge on any atom is -0.423 e. The smallest absolute Gasteiger partial charge is 0.336 e. The standard InChI is InChI=1S/C20H21N3O3/c1-13-2-3-16-15(12-20(25)26-18(16)10-13)11-19(24)23-8-5-14(6-9-23)17-4-7-21-22-17/h2-4,7,10,12,14H,5-6,8-9,11H2,1H3,(H,21,22). The molecule has 1 saturated heterocycles. The van der Waals surface area contributed by atoms with Crippen LogP contribution >= 0.6 is 0 Å². The second-order valence-corrected chi connectivity index (χ2v) is 6.93. The molecule has 1 aliphatic rings. The summed E-state index contributed by atoms with van der Waals surface area (Å²) in [5.41, 5.74) is 3.02. The van der Waals surface area contributed by atoms with E-state index in [4.69, 9.17) is 4.42 Å². The Hall–Kier alpha value is -2.89. The van der Waals surface area contributed by atoms with Crippen molar-refractivity contribution in [2.24, 2.45) is 0 Å². The number of benzene rings is 1. The molecule has 1 aliphatic heterocycles. The molecule has 3 heterocycles. The van der Waals surface area contributed by atoms with Crippen molar-refractivity contribution in [3.05, 3.63) is 63.8 Å². The number of amides is 1. The first-order valence-electron chi connectivity index (χ1n) is 8.90. The van der Waals surface area contributed by atoms with E-state index in [9.17, 15) is 9.59 Å². The van der Waals surface area contributed by atoms with Crippen LogP contribution < -0.4 is 5.63 Å². The summed E-state index contributed by atoms with van der Waals surface area (Å²) in [7, 11) is 0. The van der Waals surface area contributed by atoms with E-state index < -0.39 is 5.63 Å². The summed E-state index contributed by atoms with van der Waals surface area (Å²) in [6.07, 6.45) is 3.83. The Morgan fingerprint density at radius 1 is 1.27 bits per heavy atom. The van der Waals surface area contributed by atoms with Crippen LogP contribution in [0.3, 0.4) is 0 Å². The molecule has 1 fully saturated rings. The summed E-state index contributed by atoms with van der Waals surface area (Å²) < 4.78 is 5.28. The third-order valence-corrected chi connectivity index (χ3v) is 5.14. The van der Waals surface area contributed by atoms with Gasteiger partial charge in [0.1, 0.15) is 5.58 Å². The van der Waals surface area contributed by atoms with Gasteiger partial charge >= 0.3 is 5.63 Å². The van der Waals surface area contributed by atoms with Crippen LogP contribution in [0.2, 0.25) is 0 Å². The number of aromatic nitrogens is 2. The van der Waals surface area contributed by atoms with Crippen molar-refractivity contribution in [1.29, 1.82) is 0 Å². The van der Waals surface area contributed by atoms with Gasteiger partial charge in [0.15, 0.2) is 0 Å². The molecule has 0 spiro atoms. The summed E-state index contributed by atoms with van der Waals surface area (Å²) in [5, 5.41) is 7.86. The Morgan fingerprint density at radius 2 is 2.08 bits per heavy atom. The molecule has 0 aliphatic carbocycles. The first kappa shape index (κ1) is 16.6. The number of aryl methyl sites for hydroxylation is 1. The summed E-state index contributed by atoms with van der Waals surface area (Å²) in [5.74, 6) is 0.481. The zero-order valence-corrected chi connectivity index (χ0v) is 14.7. The molecular weight excluding hydrogens is 330 g/mol. The second-order valence-electron chi connectivity index (χ2n) is 6.93. The molecule has 6 heteroatoms. The highest BCUT2D eigenvalue weighted by atomic mass is 16.4. The van der Waals surface area contributed by atoms with Crippen molar-refractivity contribution in [1.82, 2.24) is 15.1 Å². The molecule has 0 unspecified atom stereocenters. The number of rotatable bonds is 3. The van der Waals surface area contributed by atoms with Gasteiger partial charge in [0.2, 0.25) is 5.91 Å². The van der Waals surface area contributed by atoms with Crippen LogP contribution in [0.25, 0.3) is 11.0 Å². The fourth-order valence-electron chi connectivity index (χ4n) is 3.69. The first-order valence-corrected chi connectivity index (χ1v) is 8.90. The van der Waals surface area contributed by atoms with Crippen LogP contribution in [0.1, 0.15) is 35.6 Å². The minimum absolute atomic E-state index is 0.0561. The number of fused-ring (bicyclic) bond motifs is 1. The van der Waals surface area contributed by atoms with Crippen LogP contribution in [0, 0.1) is 6.92 Å². The monoisotopic (exact) mass is 351 g/mol. The Bertz CT molecular complexity index is 983. The third kappa shape index (κ3) is 3.27. The van der Waals surface area contributed by atoms with Gasteiger partial charge in [-0.05, 0) is 43.0 Å². The van der Waals surface area contributed by atoms with Crippen molar-refractivity contribution < 1.29 is 9.21 Å². The fraction of sp³-hybridized carbons (Fsp3) is 0.350. The number of nitrogens with one attached hydrogen (secondary N) is 1. The van der Waals surface area contributed by atoms with Crippen LogP contribution in [0.5, 0.6) is 0 Å². The molecular formula is C20H21N3O3. The van der Waals surface area contributed by atoms with Gasteiger partial charge in [-0.2, -0.15) is 5.10 Å². The van der Waals surface area contributed by atoms with Crippen molar-refractivity contribution >= 4 is 16.9 Å². The molecule has 6 nitrogen and oxygen atoms in total. The molecule has 0 bridgehead atoms. The Kier molecular flexibility index (Phi) is 4.32. The molecule has 1 amide bonds. The molecule has 3 aromatic rings. The van der Waals surface area contributed by atoms with Gasteiger partial charge in [0, 0.05) is 42.4 Å². The Labute approximate surface area is 150 Å². The van der Waals surface area contributed by atoms with Gasteiger partial charge in [0.05, 0.1) is 6.42 Å². The van der Waals surface area contributed by atoms with Gasteiger partial charge < -0.3 is 9.32 Å². The van der Waals surface area contributed by atoms with Crippen LogP contribution in [0.15, 0.2) is 45.7 Å². The number of carbonyl (C=O) groups is 1. The average Bonchev–Trinajstić information content (AvgIpc) is 3.16. The number of carbonyl (C=O) groups excluding carboxylic acids is 1. The molecule has 134 valence electrons. The molecule has 1 N–H and O–H groups in total. The third-order valence-electron chi connectivity index (χ3n) is 5.14. The summed E-state index contributed by atoms with van der Waals surface area (Å²) >= 11 is 0. The zero-order chi connectivity index (χ0) is 18.1. The maximum absolute atomic E-state index is 12.8. The van der Waals surface area contributed by atoms with Crippen LogP contribution in [-0.4, -0.2) is 34.1 Å². The van der Waals surface area contributed by atoms with E-state index in [2.05, 4.69) is 10.2 Å². The lowest BCUT2D eigenvalue weighted by Gasteiger charge is -2.31. The fourth-order valence-corrected chi connectivity index (χ4v) is 3.69. The van der Waals surface area contributed by atoms with E-state index in [-0.39, 0.29) is 12.3 Å². The topological polar surface area (TPSA) is 79.2 Å². The number of aromatic amines is 1. The summed E-state index contributed by atoms with van der Waals surface area (Å²) in [6, 6.07) is 9.15. The molecule has 0 atom stereocenters. The predicted octanol–water partition coefficient (Wildman–Crippen LogP) is 2.77.